The molecule has 0 saturated heterocycles. The van der Waals surface area contributed by atoms with Gasteiger partial charge in [0.1, 0.15) is 0 Å². The van der Waals surface area contributed by atoms with Crippen molar-refractivity contribution in [3.8, 4) is 11.5 Å². The third kappa shape index (κ3) is 3.67. The zero-order chi connectivity index (χ0) is 12.0. The third-order valence-corrected chi connectivity index (χ3v) is 3.21. The molecule has 1 aromatic carbocycles. The zero-order valence-corrected chi connectivity index (χ0v) is 12.7. The summed E-state index contributed by atoms with van der Waals surface area (Å²) in [6.07, 6.45) is 0.984. The second-order valence-electron chi connectivity index (χ2n) is 3.32. The number of halogens is 2. The van der Waals surface area contributed by atoms with Crippen LogP contribution in [0.5, 0.6) is 11.5 Å². The fraction of sp³-hybridized carbons (Fsp3) is 0.500. The molecule has 2 nitrogen and oxygen atoms in total. The molecule has 0 radical (unpaired) electrons. The Hall–Kier alpha value is -0.220. The number of benzene rings is 1. The molecule has 0 aliphatic carbocycles. The molecule has 0 unspecified atom stereocenters. The van der Waals surface area contributed by atoms with Crippen molar-refractivity contribution in [1.82, 2.24) is 0 Å². The maximum Gasteiger partial charge on any atom is 0.175 e. The average molecular weight is 352 g/mol. The Morgan fingerprint density at radius 2 is 1.94 bits per heavy atom. The summed E-state index contributed by atoms with van der Waals surface area (Å²) in [4.78, 5) is 0. The first-order valence-corrected chi connectivity index (χ1v) is 7.28. The van der Waals surface area contributed by atoms with Gasteiger partial charge in [-0.05, 0) is 47.0 Å². The molecule has 0 spiro atoms. The molecular weight excluding hydrogens is 336 g/mol. The maximum atomic E-state index is 5.68. The zero-order valence-electron chi connectivity index (χ0n) is 9.56. The van der Waals surface area contributed by atoms with Gasteiger partial charge in [-0.25, -0.2) is 0 Å². The molecule has 1 aromatic rings. The van der Waals surface area contributed by atoms with Crippen LogP contribution in [0.1, 0.15) is 25.8 Å². The number of hydrogen-bond acceptors (Lipinski definition) is 2. The average Bonchev–Trinajstić information content (AvgIpc) is 2.28. The Bertz CT molecular complexity index is 340. The van der Waals surface area contributed by atoms with E-state index in [0.29, 0.717) is 13.2 Å². The van der Waals surface area contributed by atoms with Crippen LogP contribution in [0, 0.1) is 0 Å². The highest BCUT2D eigenvalue weighted by molar-refractivity contribution is 9.10. The quantitative estimate of drug-likeness (QED) is 0.701. The summed E-state index contributed by atoms with van der Waals surface area (Å²) in [5, 5.41) is 0.805. The van der Waals surface area contributed by atoms with Gasteiger partial charge in [0.15, 0.2) is 11.5 Å². The van der Waals surface area contributed by atoms with Crippen LogP contribution >= 0.6 is 31.9 Å². The molecule has 0 amide bonds. The van der Waals surface area contributed by atoms with Gasteiger partial charge in [0, 0.05) is 5.33 Å². The Kier molecular flexibility index (Phi) is 6.21. The van der Waals surface area contributed by atoms with E-state index in [1.54, 1.807) is 0 Å². The molecule has 90 valence electrons. The van der Waals surface area contributed by atoms with E-state index in [2.05, 4.69) is 38.8 Å². The van der Waals surface area contributed by atoms with Crippen LogP contribution in [0.4, 0.5) is 0 Å². The summed E-state index contributed by atoms with van der Waals surface area (Å²) < 4.78 is 12.2. The van der Waals surface area contributed by atoms with Crippen molar-refractivity contribution >= 4 is 31.9 Å². The van der Waals surface area contributed by atoms with E-state index < -0.39 is 0 Å². The molecule has 0 atom stereocenters. The van der Waals surface area contributed by atoms with Crippen LogP contribution in [0.3, 0.4) is 0 Å². The van der Waals surface area contributed by atoms with Gasteiger partial charge >= 0.3 is 0 Å². The summed E-state index contributed by atoms with van der Waals surface area (Å²) in [6, 6.07) is 4.05. The summed E-state index contributed by atoms with van der Waals surface area (Å²) in [7, 11) is 0. The van der Waals surface area contributed by atoms with Crippen LogP contribution < -0.4 is 9.47 Å². The summed E-state index contributed by atoms with van der Waals surface area (Å²) in [5.74, 6) is 1.60. The number of hydrogen-bond donors (Lipinski definition) is 0. The van der Waals surface area contributed by atoms with Gasteiger partial charge < -0.3 is 9.47 Å². The lowest BCUT2D eigenvalue weighted by atomic mass is 10.2. The first-order chi connectivity index (χ1) is 7.72. The van der Waals surface area contributed by atoms with E-state index in [4.69, 9.17) is 9.47 Å². The van der Waals surface area contributed by atoms with Crippen LogP contribution in [0.2, 0.25) is 0 Å². The molecule has 0 bridgehead atoms. The maximum absolute atomic E-state index is 5.68. The Labute approximate surface area is 114 Å². The number of rotatable bonds is 6. The molecule has 0 heterocycles. The monoisotopic (exact) mass is 350 g/mol. The van der Waals surface area contributed by atoms with Crippen LogP contribution in [-0.4, -0.2) is 13.2 Å². The van der Waals surface area contributed by atoms with Crippen molar-refractivity contribution in [1.29, 1.82) is 0 Å². The lowest BCUT2D eigenvalue weighted by Gasteiger charge is -2.14. The normalized spacial score (nSPS) is 10.2. The molecule has 16 heavy (non-hydrogen) atoms. The predicted octanol–water partition coefficient (Wildman–Crippen LogP) is 4.53. The molecule has 0 aromatic heterocycles. The van der Waals surface area contributed by atoms with Gasteiger partial charge in [-0.1, -0.05) is 22.9 Å². The van der Waals surface area contributed by atoms with E-state index in [0.717, 1.165) is 27.7 Å². The van der Waals surface area contributed by atoms with Gasteiger partial charge in [0.05, 0.1) is 17.7 Å². The topological polar surface area (TPSA) is 18.5 Å². The minimum atomic E-state index is 0.640. The summed E-state index contributed by atoms with van der Waals surface area (Å²) in [5.41, 5.74) is 1.17. The first-order valence-electron chi connectivity index (χ1n) is 5.36. The van der Waals surface area contributed by atoms with E-state index in [9.17, 15) is 0 Å². The lowest BCUT2D eigenvalue weighted by molar-refractivity contribution is 0.275. The highest BCUT2D eigenvalue weighted by Gasteiger charge is 2.11. The van der Waals surface area contributed by atoms with E-state index in [1.165, 1.54) is 5.56 Å². The van der Waals surface area contributed by atoms with Gasteiger partial charge in [0.25, 0.3) is 0 Å². The molecule has 0 fully saturated rings. The number of ether oxygens (including phenoxy) is 2. The van der Waals surface area contributed by atoms with Crippen molar-refractivity contribution < 1.29 is 9.47 Å². The van der Waals surface area contributed by atoms with Gasteiger partial charge in [-0.2, -0.15) is 0 Å². The molecule has 0 aliphatic heterocycles. The van der Waals surface area contributed by atoms with Crippen LogP contribution in [0.25, 0.3) is 0 Å². The molecular formula is C12H16Br2O2. The largest absolute Gasteiger partial charge is 0.490 e. The van der Waals surface area contributed by atoms with Crippen molar-refractivity contribution in [3.05, 3.63) is 22.2 Å². The Morgan fingerprint density at radius 1 is 1.19 bits per heavy atom. The van der Waals surface area contributed by atoms with E-state index in [1.807, 2.05) is 19.1 Å². The van der Waals surface area contributed by atoms with Crippen molar-refractivity contribution in [3.63, 3.8) is 0 Å². The van der Waals surface area contributed by atoms with Crippen molar-refractivity contribution in [2.24, 2.45) is 0 Å². The minimum absolute atomic E-state index is 0.640. The second kappa shape index (κ2) is 7.17. The SMILES string of the molecule is CCCOc1c(Br)cc(CBr)cc1OCC. The first kappa shape index (κ1) is 13.8. The minimum Gasteiger partial charge on any atom is -0.490 e. The van der Waals surface area contributed by atoms with E-state index in [-0.39, 0.29) is 0 Å². The standard InChI is InChI=1S/C12H16Br2O2/c1-3-5-16-12-10(14)6-9(8-13)7-11(12)15-4-2/h6-7H,3-5,8H2,1-2H3. The summed E-state index contributed by atoms with van der Waals surface area (Å²) in [6.45, 7) is 5.40. The molecule has 0 saturated carbocycles. The van der Waals surface area contributed by atoms with Gasteiger partial charge in [-0.15, -0.1) is 0 Å². The molecule has 4 heteroatoms. The highest BCUT2D eigenvalue weighted by atomic mass is 79.9. The Morgan fingerprint density at radius 3 is 2.50 bits per heavy atom. The fourth-order valence-corrected chi connectivity index (χ4v) is 2.23. The van der Waals surface area contributed by atoms with Crippen molar-refractivity contribution in [2.75, 3.05) is 13.2 Å². The van der Waals surface area contributed by atoms with Crippen LogP contribution in [0.15, 0.2) is 16.6 Å². The third-order valence-electron chi connectivity index (χ3n) is 1.97. The fourth-order valence-electron chi connectivity index (χ4n) is 1.31. The highest BCUT2D eigenvalue weighted by Crippen LogP contribution is 2.37. The summed E-state index contributed by atoms with van der Waals surface area (Å²) >= 11 is 6.95. The van der Waals surface area contributed by atoms with Crippen LogP contribution in [-0.2, 0) is 5.33 Å². The molecule has 1 rings (SSSR count). The Balaban J connectivity index is 3.01. The molecule has 0 N–H and O–H groups in total. The second-order valence-corrected chi connectivity index (χ2v) is 4.74. The predicted molar refractivity (Wildman–Crippen MR) is 73.7 cm³/mol. The van der Waals surface area contributed by atoms with Gasteiger partial charge in [-0.3, -0.25) is 0 Å². The number of alkyl halides is 1. The lowest BCUT2D eigenvalue weighted by Crippen LogP contribution is -2.01. The molecule has 0 aliphatic rings. The van der Waals surface area contributed by atoms with E-state index >= 15 is 0 Å². The van der Waals surface area contributed by atoms with Gasteiger partial charge in [0.2, 0.25) is 0 Å². The van der Waals surface area contributed by atoms with Crippen molar-refractivity contribution in [2.45, 2.75) is 25.6 Å². The smallest absolute Gasteiger partial charge is 0.175 e.